The Labute approximate surface area is 306 Å². The number of hydrogen-bond donors (Lipinski definition) is 2. The van der Waals surface area contributed by atoms with Gasteiger partial charge < -0.3 is 14.6 Å². The molecule has 268 valence electrons. The molecule has 10 rings (SSSR count). The van der Waals surface area contributed by atoms with Gasteiger partial charge in [0.2, 0.25) is 0 Å². The Morgan fingerprint density at radius 3 is 2.52 bits per heavy atom. The maximum Gasteiger partial charge on any atom is 0.355 e. The van der Waals surface area contributed by atoms with Gasteiger partial charge in [-0.3, -0.25) is 14.9 Å². The zero-order valence-electron chi connectivity index (χ0n) is 29.9. The highest BCUT2D eigenvalue weighted by Gasteiger charge is 2.66. The van der Waals surface area contributed by atoms with Gasteiger partial charge in [0.15, 0.2) is 10.8 Å². The number of methoxy groups -OCH3 is 1. The Balaban J connectivity index is 0.999. The van der Waals surface area contributed by atoms with Crippen molar-refractivity contribution in [1.82, 2.24) is 19.7 Å². The summed E-state index contributed by atoms with van der Waals surface area (Å²) in [6.45, 7) is 8.36. The molecule has 2 amide bonds. The third-order valence-corrected chi connectivity index (χ3v) is 12.9. The average Bonchev–Trinajstić information content (AvgIpc) is 3.67. The lowest BCUT2D eigenvalue weighted by atomic mass is 9.39. The van der Waals surface area contributed by atoms with Gasteiger partial charge in [0.25, 0.3) is 0 Å². The second-order valence-corrected chi connectivity index (χ2v) is 17.4. The Morgan fingerprint density at radius 2 is 1.77 bits per heavy atom. The van der Waals surface area contributed by atoms with Crippen LogP contribution >= 0.6 is 11.3 Å². The third kappa shape index (κ3) is 5.45. The molecule has 11 nitrogen and oxygen atoms in total. The Hall–Kier alpha value is -4.81. The molecule has 0 saturated heterocycles. The topological polar surface area (TPSA) is 132 Å². The minimum absolute atomic E-state index is 0.0484. The predicted molar refractivity (Wildman–Crippen MR) is 200 cm³/mol. The standard InChI is InChI=1S/C40H42N6O5S/c1-24-27(16-41-46(24)23-39-18-37(2)17-38(3,19-39)21-40(20-37,22-39)50-4)26-10-11-28(42-33(26)34(47)48)25-9-12-31-30(15-25)45(13-14-51-31)36(49)44-35-43-29-7-5-6-8-32(29)52-35/h5-12,15-16H,13-14,17-23H2,1-4H3,(H,47,48)(H,43,44,49). The van der Waals surface area contributed by atoms with E-state index in [9.17, 15) is 14.7 Å². The van der Waals surface area contributed by atoms with Crippen LogP contribution in [0.5, 0.6) is 5.75 Å². The molecule has 0 radical (unpaired) electrons. The molecule has 4 fully saturated rings. The van der Waals surface area contributed by atoms with Crippen molar-refractivity contribution in [1.29, 1.82) is 0 Å². The number of hydrogen-bond acceptors (Lipinski definition) is 8. The number of para-hydroxylation sites is 1. The number of urea groups is 1. The van der Waals surface area contributed by atoms with Gasteiger partial charge in [-0.2, -0.15) is 5.10 Å². The molecule has 1 aliphatic heterocycles. The molecule has 2 unspecified atom stereocenters. The van der Waals surface area contributed by atoms with Crippen LogP contribution in [-0.4, -0.2) is 62.7 Å². The van der Waals surface area contributed by atoms with Crippen molar-refractivity contribution < 1.29 is 24.2 Å². The number of benzene rings is 2. The lowest BCUT2D eigenvalue weighted by Gasteiger charge is -2.69. The van der Waals surface area contributed by atoms with E-state index in [1.165, 1.54) is 17.8 Å². The molecule has 52 heavy (non-hydrogen) atoms. The Morgan fingerprint density at radius 1 is 0.981 bits per heavy atom. The van der Waals surface area contributed by atoms with Crippen molar-refractivity contribution in [2.75, 3.05) is 30.5 Å². The van der Waals surface area contributed by atoms with Crippen LogP contribution in [0.4, 0.5) is 15.6 Å². The van der Waals surface area contributed by atoms with E-state index in [0.717, 1.165) is 60.1 Å². The minimum Gasteiger partial charge on any atom is -0.490 e. The van der Waals surface area contributed by atoms with E-state index in [2.05, 4.69) is 33.8 Å². The number of aromatic carboxylic acids is 1. The first kappa shape index (κ1) is 33.1. The van der Waals surface area contributed by atoms with Crippen LogP contribution in [0.2, 0.25) is 0 Å². The minimum atomic E-state index is -1.12. The van der Waals surface area contributed by atoms with Gasteiger partial charge in [-0.1, -0.05) is 37.3 Å². The summed E-state index contributed by atoms with van der Waals surface area (Å²) in [7, 11) is 1.88. The first-order chi connectivity index (χ1) is 24.9. The zero-order chi connectivity index (χ0) is 36.0. The number of pyridine rings is 1. The molecule has 4 saturated carbocycles. The van der Waals surface area contributed by atoms with E-state index in [1.807, 2.05) is 62.6 Å². The first-order valence-corrected chi connectivity index (χ1v) is 18.7. The number of nitrogens with one attached hydrogen (secondary N) is 1. The van der Waals surface area contributed by atoms with Gasteiger partial charge in [0.1, 0.15) is 12.4 Å². The summed E-state index contributed by atoms with van der Waals surface area (Å²) in [6.07, 6.45) is 8.58. The summed E-state index contributed by atoms with van der Waals surface area (Å²) in [4.78, 5) is 37.1. The van der Waals surface area contributed by atoms with Crippen LogP contribution in [0.25, 0.3) is 32.6 Å². The smallest absolute Gasteiger partial charge is 0.355 e. The molecule has 2 atom stereocenters. The highest BCUT2D eigenvalue weighted by atomic mass is 32.1. The van der Waals surface area contributed by atoms with Crippen LogP contribution in [0, 0.1) is 23.2 Å². The maximum atomic E-state index is 13.5. The molecule has 0 spiro atoms. The van der Waals surface area contributed by atoms with Gasteiger partial charge in [-0.15, -0.1) is 0 Å². The molecular formula is C40H42N6O5S. The molecule has 4 aliphatic carbocycles. The largest absolute Gasteiger partial charge is 0.490 e. The van der Waals surface area contributed by atoms with Gasteiger partial charge in [0, 0.05) is 36.0 Å². The van der Waals surface area contributed by atoms with Gasteiger partial charge >= 0.3 is 12.0 Å². The average molecular weight is 719 g/mol. The summed E-state index contributed by atoms with van der Waals surface area (Å²) in [5, 5.41) is 18.7. The molecule has 3 aromatic heterocycles. The number of ether oxygens (including phenoxy) is 2. The molecule has 2 N–H and O–H groups in total. The van der Waals surface area contributed by atoms with Gasteiger partial charge in [0.05, 0.1) is 39.9 Å². The number of thiazole rings is 1. The predicted octanol–water partition coefficient (Wildman–Crippen LogP) is 8.42. The SMILES string of the molecule is COC12CC3(C)CC(C)(CC(Cn4ncc(-c5ccc(-c6ccc7c(c6)N(C(=O)Nc6nc8ccccc8s6)CCO7)nc5C(=O)O)c4C)(C3)C1)C2. The monoisotopic (exact) mass is 718 g/mol. The molecule has 4 heterocycles. The fourth-order valence-electron chi connectivity index (χ4n) is 11.1. The van der Waals surface area contributed by atoms with Crippen molar-refractivity contribution in [2.45, 2.75) is 71.4 Å². The highest BCUT2D eigenvalue weighted by molar-refractivity contribution is 7.22. The number of rotatable bonds is 7. The Bertz CT molecular complexity index is 2230. The van der Waals surface area contributed by atoms with E-state index >= 15 is 0 Å². The summed E-state index contributed by atoms with van der Waals surface area (Å²) in [5.41, 5.74) is 5.20. The van der Waals surface area contributed by atoms with Crippen LogP contribution in [-0.2, 0) is 11.3 Å². The summed E-state index contributed by atoms with van der Waals surface area (Å²) < 4.78 is 15.2. The molecule has 5 aromatic rings. The number of aromatic nitrogens is 4. The van der Waals surface area contributed by atoms with Crippen LogP contribution in [0.15, 0.2) is 60.8 Å². The number of carboxylic acid groups (broad SMARTS) is 1. The van der Waals surface area contributed by atoms with Gasteiger partial charge in [-0.25, -0.2) is 19.6 Å². The molecular weight excluding hydrogens is 677 g/mol. The highest BCUT2D eigenvalue weighted by Crippen LogP contribution is 2.72. The maximum absolute atomic E-state index is 13.5. The fraction of sp³-hybridized carbons (Fsp3) is 0.425. The van der Waals surface area contributed by atoms with Gasteiger partial charge in [-0.05, 0) is 104 Å². The zero-order valence-corrected chi connectivity index (χ0v) is 30.7. The third-order valence-electron chi connectivity index (χ3n) is 11.9. The van der Waals surface area contributed by atoms with E-state index in [4.69, 9.17) is 14.6 Å². The van der Waals surface area contributed by atoms with Crippen LogP contribution < -0.4 is 15.0 Å². The normalized spacial score (nSPS) is 27.4. The number of anilines is 2. The van der Waals surface area contributed by atoms with Crippen LogP contribution in [0.3, 0.4) is 0 Å². The molecule has 5 aliphatic rings. The van der Waals surface area contributed by atoms with Crippen molar-refractivity contribution in [3.63, 3.8) is 0 Å². The lowest BCUT2D eigenvalue weighted by molar-refractivity contribution is -0.239. The lowest BCUT2D eigenvalue weighted by Crippen LogP contribution is -2.64. The van der Waals surface area contributed by atoms with E-state index in [0.29, 0.717) is 46.5 Å². The van der Waals surface area contributed by atoms with Crippen molar-refractivity contribution >= 4 is 44.4 Å². The van der Waals surface area contributed by atoms with E-state index in [1.54, 1.807) is 17.2 Å². The molecule has 2 aromatic carbocycles. The summed E-state index contributed by atoms with van der Waals surface area (Å²) in [5.74, 6) is -0.558. The second kappa shape index (κ2) is 11.6. The molecule has 4 bridgehead atoms. The number of amides is 2. The number of carbonyl (C=O) groups excluding carboxylic acids is 1. The fourth-order valence-corrected chi connectivity index (χ4v) is 11.9. The first-order valence-electron chi connectivity index (χ1n) is 17.9. The van der Waals surface area contributed by atoms with E-state index < -0.39 is 5.97 Å². The number of fused-ring (bicyclic) bond motifs is 2. The van der Waals surface area contributed by atoms with Crippen LogP contribution in [0.1, 0.15) is 68.6 Å². The van der Waals surface area contributed by atoms with Crippen molar-refractivity contribution in [3.05, 3.63) is 72.2 Å². The quantitative estimate of drug-likeness (QED) is 0.172. The summed E-state index contributed by atoms with van der Waals surface area (Å²) in [6, 6.07) is 16.5. The Kier molecular flexibility index (Phi) is 7.37. The summed E-state index contributed by atoms with van der Waals surface area (Å²) >= 11 is 1.41. The van der Waals surface area contributed by atoms with Crippen molar-refractivity contribution in [3.8, 4) is 28.1 Å². The second-order valence-electron chi connectivity index (χ2n) is 16.4. The van der Waals surface area contributed by atoms with Crippen molar-refractivity contribution in [2.24, 2.45) is 16.2 Å². The number of carboxylic acids is 1. The molecule has 12 heteroatoms. The number of nitrogens with zero attached hydrogens (tertiary/aromatic N) is 5. The van der Waals surface area contributed by atoms with E-state index in [-0.39, 0.29) is 33.6 Å². The number of carbonyl (C=O) groups is 2.